The molecule has 8 bridgehead atoms. The number of aromatic nitrogens is 16. The molecule has 104 heavy (non-hydrogen) atoms. The van der Waals surface area contributed by atoms with E-state index in [0.29, 0.717) is 90.7 Å². The van der Waals surface area contributed by atoms with E-state index in [9.17, 15) is 0 Å². The van der Waals surface area contributed by atoms with Gasteiger partial charge in [0.15, 0.2) is 45.9 Å². The summed E-state index contributed by atoms with van der Waals surface area (Å²) < 4.78 is 0. The third-order valence-electron chi connectivity index (χ3n) is 19.2. The van der Waals surface area contributed by atoms with E-state index >= 15 is 0 Å². The number of hydrogen-bond donors (Lipinski definition) is 2. The number of nitrogens with one attached hydrogen (secondary N) is 2. The van der Waals surface area contributed by atoms with Gasteiger partial charge in [0.05, 0.1) is 0 Å². The van der Waals surface area contributed by atoms with Crippen LogP contribution in [-0.2, 0) is 0 Å². The average molecular weight is 1570 g/mol. The Labute approximate surface area is 652 Å². The standard InChI is InChI=1S/C72H114N24S8/c1-17-89(18-2)33-41-97-65-66(98-42-34-90(19-3)20-4)74-50-49(73-65)57-81-58(50)86-60-53-54(78-70(102-46-38-94(27-11)28-12)69(77-53)101-45-37-93(25-9)26-10)62(83-60)88-64-56-55(79-71(103-47-39-95(29-13)30-14)72(80-56)104-48-40-96(31-15)32-16)63(84-64)87-61-52-51(59(82-61)85-57)75-67(99-43-35-91(21-5)22-6)68(76-52)100-44-36-92(23-7)24-8/h17-48H2,1-16H3,(H2,81,82,83,84,85,86,87,88). The van der Waals surface area contributed by atoms with Crippen molar-refractivity contribution >= 4 is 139 Å². The van der Waals surface area contributed by atoms with E-state index in [1.807, 2.05) is 0 Å². The van der Waals surface area contributed by atoms with Gasteiger partial charge in [0.25, 0.3) is 0 Å². The second-order valence-electron chi connectivity index (χ2n) is 24.7. The maximum atomic E-state index is 5.63. The first-order valence-electron chi connectivity index (χ1n) is 38.1. The van der Waals surface area contributed by atoms with Crippen LogP contribution >= 0.6 is 94.1 Å². The molecule has 570 valence electrons. The summed E-state index contributed by atoms with van der Waals surface area (Å²) in [5.74, 6) is 7.93. The molecule has 7 aromatic heterocycles. The Morgan fingerprint density at radius 3 is 0.481 bits per heavy atom. The predicted molar refractivity (Wildman–Crippen MR) is 447 cm³/mol. The lowest BCUT2D eigenvalue weighted by Gasteiger charge is -2.19. The zero-order valence-electron chi connectivity index (χ0n) is 64.7. The van der Waals surface area contributed by atoms with Crippen LogP contribution in [0.1, 0.15) is 111 Å². The topological polar surface area (TPSA) is 238 Å². The Morgan fingerprint density at radius 1 is 0.192 bits per heavy atom. The van der Waals surface area contributed by atoms with Crippen molar-refractivity contribution in [3.05, 3.63) is 0 Å². The summed E-state index contributed by atoms with van der Waals surface area (Å²) >= 11 is 13.8. The second-order valence-corrected chi connectivity index (χ2v) is 33.4. The molecule has 0 atom stereocenters. The fraction of sp³-hybridized carbons (Fsp3) is 0.667. The van der Waals surface area contributed by atoms with Crippen LogP contribution in [0.15, 0.2) is 40.2 Å². The molecule has 0 saturated heterocycles. The fourth-order valence-electron chi connectivity index (χ4n) is 12.1. The van der Waals surface area contributed by atoms with Gasteiger partial charge in [-0.1, -0.05) is 111 Å². The zero-order chi connectivity index (χ0) is 74.1. The van der Waals surface area contributed by atoms with Crippen molar-refractivity contribution in [1.29, 1.82) is 0 Å². The van der Waals surface area contributed by atoms with Crippen molar-refractivity contribution in [2.75, 3.05) is 203 Å². The van der Waals surface area contributed by atoms with Crippen LogP contribution in [0, 0.1) is 0 Å². The van der Waals surface area contributed by atoms with Gasteiger partial charge in [0.1, 0.15) is 85.1 Å². The Hall–Kier alpha value is -3.84. The first-order valence-corrected chi connectivity index (χ1v) is 46.0. The molecule has 0 radical (unpaired) electrons. The molecule has 0 fully saturated rings. The largest absolute Gasteiger partial charge is 0.321 e. The van der Waals surface area contributed by atoms with Gasteiger partial charge in [-0.05, 0) is 105 Å². The maximum absolute atomic E-state index is 5.63. The van der Waals surface area contributed by atoms with E-state index in [1.54, 1.807) is 94.1 Å². The highest BCUT2D eigenvalue weighted by atomic mass is 32.2. The number of thioether (sulfide) groups is 8. The zero-order valence-corrected chi connectivity index (χ0v) is 71.3. The molecule has 32 heteroatoms. The van der Waals surface area contributed by atoms with E-state index in [2.05, 4.69) is 160 Å². The van der Waals surface area contributed by atoms with Crippen molar-refractivity contribution in [1.82, 2.24) is 119 Å². The van der Waals surface area contributed by atoms with Crippen LogP contribution in [0.25, 0.3) is 90.7 Å². The van der Waals surface area contributed by atoms with Crippen molar-refractivity contribution in [2.45, 2.75) is 151 Å². The molecule has 0 aromatic carbocycles. The fourth-order valence-corrected chi connectivity index (χ4v) is 20.4. The third kappa shape index (κ3) is 22.2. The number of nitrogens with zero attached hydrogens (tertiary/aromatic N) is 22. The van der Waals surface area contributed by atoms with Crippen molar-refractivity contribution in [3.8, 4) is 46.1 Å². The Kier molecular flexibility index (Phi) is 35.2. The number of aromatic amines is 2. The SMILES string of the molecule is CCN(CC)CCSc1nc2c(nc1SCCN(CC)CC)-c1nc-2nc2[nH]c(nc3nc(nc4[nH]c(n1)c1nc(SCCN(CC)CC)c(SCCN(CC)CC)nc41)-c1nc(SCCN(CC)CC)c(SCCN(CC)CC)nc1-3)c1nc(SCCN(CC)CC)c(SCCN(CC)CC)nc21. The number of hydrogen-bond acceptors (Lipinski definition) is 30. The van der Waals surface area contributed by atoms with E-state index in [-0.39, 0.29) is 0 Å². The molecule has 0 aliphatic carbocycles. The molecule has 2 N–H and O–H groups in total. The molecule has 7 aromatic rings. The van der Waals surface area contributed by atoms with Crippen molar-refractivity contribution in [3.63, 3.8) is 0 Å². The van der Waals surface area contributed by atoms with Crippen LogP contribution in [0.3, 0.4) is 0 Å². The lowest BCUT2D eigenvalue weighted by molar-refractivity contribution is 0.323. The minimum Gasteiger partial charge on any atom is -0.321 e. The van der Waals surface area contributed by atoms with Gasteiger partial charge < -0.3 is 49.2 Å². The molecule has 2 aliphatic rings. The molecule has 0 saturated carbocycles. The number of H-pyrrole nitrogens is 2. The van der Waals surface area contributed by atoms with Crippen LogP contribution in [0.5, 0.6) is 0 Å². The molecule has 9 heterocycles. The first kappa shape index (κ1) is 84.2. The van der Waals surface area contributed by atoms with E-state index in [1.165, 1.54) is 0 Å². The van der Waals surface area contributed by atoms with Crippen LogP contribution in [-0.4, -0.2) is 322 Å². The van der Waals surface area contributed by atoms with Gasteiger partial charge in [0.2, 0.25) is 0 Å². The Bertz CT molecular complexity index is 3510. The van der Waals surface area contributed by atoms with Gasteiger partial charge in [-0.2, -0.15) is 0 Å². The normalized spacial score (nSPS) is 12.5. The summed E-state index contributed by atoms with van der Waals surface area (Å²) in [6.07, 6.45) is 0. The van der Waals surface area contributed by atoms with Crippen molar-refractivity contribution < 1.29 is 0 Å². The highest BCUT2D eigenvalue weighted by Gasteiger charge is 2.31. The lowest BCUT2D eigenvalue weighted by Crippen LogP contribution is -2.25. The lowest BCUT2D eigenvalue weighted by atomic mass is 10.3. The predicted octanol–water partition coefficient (Wildman–Crippen LogP) is 13.5. The Balaban J connectivity index is 1.41. The molecule has 2 aliphatic heterocycles. The van der Waals surface area contributed by atoms with Gasteiger partial charge in [-0.15, -0.1) is 94.1 Å². The monoisotopic (exact) mass is 1570 g/mol. The van der Waals surface area contributed by atoms with Crippen LogP contribution in [0.4, 0.5) is 0 Å². The highest BCUT2D eigenvalue weighted by Crippen LogP contribution is 2.42. The Morgan fingerprint density at radius 2 is 0.337 bits per heavy atom. The minimum absolute atomic E-state index is 0.336. The molecule has 0 spiro atoms. The molecule has 0 amide bonds. The van der Waals surface area contributed by atoms with E-state index in [4.69, 9.17) is 69.8 Å². The number of rotatable bonds is 48. The highest BCUT2D eigenvalue weighted by molar-refractivity contribution is 8.03. The van der Waals surface area contributed by atoms with Crippen LogP contribution in [0.2, 0.25) is 0 Å². The van der Waals surface area contributed by atoms with Crippen LogP contribution < -0.4 is 0 Å². The summed E-state index contributed by atoms with van der Waals surface area (Å²) in [5, 5.41) is 6.67. The molecule has 24 nitrogen and oxygen atoms in total. The maximum Gasteiger partial charge on any atom is 0.184 e. The molecule has 0 unspecified atom stereocenters. The van der Waals surface area contributed by atoms with E-state index < -0.39 is 0 Å². The smallest absolute Gasteiger partial charge is 0.184 e. The van der Waals surface area contributed by atoms with Gasteiger partial charge >= 0.3 is 0 Å². The summed E-state index contributed by atoms with van der Waals surface area (Å²) in [6, 6.07) is 0. The molecular weight excluding hydrogens is 1460 g/mol. The summed E-state index contributed by atoms with van der Waals surface area (Å²) in [6.45, 7) is 58.1. The summed E-state index contributed by atoms with van der Waals surface area (Å²) in [7, 11) is 0. The molecular formula is C72H114N24S8. The average Bonchev–Trinajstić information content (AvgIpc) is 1.59. The second kappa shape index (κ2) is 43.5. The third-order valence-corrected chi connectivity index (χ3v) is 27.2. The summed E-state index contributed by atoms with van der Waals surface area (Å²) in [4.78, 5) is 105. The van der Waals surface area contributed by atoms with Gasteiger partial charge in [0, 0.05) is 98.4 Å². The first-order chi connectivity index (χ1) is 50.8. The van der Waals surface area contributed by atoms with E-state index in [0.717, 1.165) is 243 Å². The minimum atomic E-state index is 0.336. The molecule has 9 rings (SSSR count). The van der Waals surface area contributed by atoms with Crippen molar-refractivity contribution in [2.24, 2.45) is 0 Å². The van der Waals surface area contributed by atoms with Gasteiger partial charge in [-0.3, -0.25) is 0 Å². The summed E-state index contributed by atoms with van der Waals surface area (Å²) in [5.41, 5.74) is 5.95. The number of fused-ring (bicyclic) bond motifs is 20. The quantitative estimate of drug-likeness (QED) is 0.0337. The van der Waals surface area contributed by atoms with Gasteiger partial charge in [-0.25, -0.2) is 69.8 Å².